The number of nitrogens with one attached hydrogen (secondary N) is 4. The van der Waals surface area contributed by atoms with Crippen LogP contribution in [0.25, 0.3) is 12.2 Å². The second-order valence-corrected chi connectivity index (χ2v) is 16.4. The topological polar surface area (TPSA) is 266 Å². The molecule has 0 spiro atoms. The van der Waals surface area contributed by atoms with Crippen LogP contribution in [0.15, 0.2) is 105 Å². The van der Waals surface area contributed by atoms with Gasteiger partial charge in [0.1, 0.15) is 9.79 Å². The van der Waals surface area contributed by atoms with Crippen molar-refractivity contribution in [3.63, 3.8) is 0 Å². The molecule has 264 valence electrons. The Balaban J connectivity index is 1.56. The van der Waals surface area contributed by atoms with Crippen LogP contribution in [-0.2, 0) is 40.5 Å². The van der Waals surface area contributed by atoms with E-state index in [2.05, 4.69) is 21.3 Å². The van der Waals surface area contributed by atoms with Crippen molar-refractivity contribution >= 4 is 110 Å². The van der Waals surface area contributed by atoms with E-state index in [1.807, 2.05) is 0 Å². The minimum absolute atomic E-state index is 0.0709. The molecule has 0 radical (unpaired) electrons. The van der Waals surface area contributed by atoms with Gasteiger partial charge in [0.15, 0.2) is 10.2 Å². The summed E-state index contributed by atoms with van der Waals surface area (Å²) in [5.41, 5.74) is 0.291. The van der Waals surface area contributed by atoms with E-state index < -0.39 is 60.1 Å². The van der Waals surface area contributed by atoms with Crippen molar-refractivity contribution in [2.24, 2.45) is 0 Å². The van der Waals surface area contributed by atoms with Crippen LogP contribution in [0.4, 0.5) is 22.7 Å². The third kappa shape index (κ3) is 10.6. The Hall–Kier alpha value is -4.36. The highest BCUT2D eigenvalue weighted by molar-refractivity contribution is 7.86. The van der Waals surface area contributed by atoms with Gasteiger partial charge < -0.3 is 21.3 Å². The molecule has 22 heteroatoms. The van der Waals surface area contributed by atoms with Crippen molar-refractivity contribution in [3.8, 4) is 0 Å². The Bertz CT molecular complexity index is 2310. The number of hydrogen-bond acceptors (Lipinski definition) is 10. The number of anilines is 4. The average Bonchev–Trinajstić information content (AvgIpc) is 2.99. The summed E-state index contributed by atoms with van der Waals surface area (Å²) in [7, 11) is -18.7. The molecule has 0 aromatic heterocycles. The van der Waals surface area contributed by atoms with Gasteiger partial charge in [-0.1, -0.05) is 36.4 Å². The molecule has 0 aliphatic heterocycles. The first-order chi connectivity index (χ1) is 23.1. The van der Waals surface area contributed by atoms with Crippen molar-refractivity contribution < 1.29 is 51.9 Å². The summed E-state index contributed by atoms with van der Waals surface area (Å²) in [6, 6.07) is 17.4. The van der Waals surface area contributed by atoms with E-state index in [4.69, 9.17) is 24.4 Å². The fraction of sp³-hybridized carbons (Fsp3) is 0. The SMILES string of the molecule is O=S(=O)(O)c1cccc(NC(=S)Nc2ccc(C=Cc3ccc(NC(=S)Nc4cccc(S(=O)(=O)O)c4)cc3S(=O)(=O)O)c(S(=O)(=O)O)c2)c1. The molecule has 4 rings (SSSR count). The van der Waals surface area contributed by atoms with Crippen molar-refractivity contribution in [1.82, 2.24) is 0 Å². The molecule has 16 nitrogen and oxygen atoms in total. The van der Waals surface area contributed by atoms with E-state index in [9.17, 15) is 51.9 Å². The smallest absolute Gasteiger partial charge is 0.295 e. The molecule has 0 saturated heterocycles. The third-order valence-electron chi connectivity index (χ3n) is 6.32. The van der Waals surface area contributed by atoms with Crippen molar-refractivity contribution in [3.05, 3.63) is 96.1 Å². The third-order valence-corrected chi connectivity index (χ3v) is 10.2. The van der Waals surface area contributed by atoms with Crippen LogP contribution in [0.1, 0.15) is 11.1 Å². The van der Waals surface area contributed by atoms with Crippen molar-refractivity contribution in [1.29, 1.82) is 0 Å². The first-order valence-corrected chi connectivity index (χ1v) is 19.9. The van der Waals surface area contributed by atoms with Crippen LogP contribution in [0.2, 0.25) is 0 Å². The van der Waals surface area contributed by atoms with Gasteiger partial charge in [0, 0.05) is 22.7 Å². The van der Waals surface area contributed by atoms with Crippen LogP contribution in [0.5, 0.6) is 0 Å². The summed E-state index contributed by atoms with van der Waals surface area (Å²) < 4.78 is 133. The first-order valence-electron chi connectivity index (χ1n) is 13.3. The fourth-order valence-corrected chi connectivity index (χ4v) is 7.13. The molecule has 0 saturated carbocycles. The summed E-state index contributed by atoms with van der Waals surface area (Å²) in [5, 5.41) is 10.5. The Labute approximate surface area is 297 Å². The Kier molecular flexibility index (Phi) is 11.4. The zero-order valence-corrected chi connectivity index (χ0v) is 29.6. The van der Waals surface area contributed by atoms with Gasteiger partial charge in [-0.05, 0) is 96.2 Å². The molecular weight excluding hydrogens is 777 g/mol. The molecule has 0 aliphatic rings. The molecule has 4 aromatic rings. The summed E-state index contributed by atoms with van der Waals surface area (Å²) in [6.07, 6.45) is 2.32. The van der Waals surface area contributed by atoms with E-state index in [0.717, 1.165) is 48.6 Å². The maximum atomic E-state index is 12.3. The quantitative estimate of drug-likeness (QED) is 0.0625. The summed E-state index contributed by atoms with van der Waals surface area (Å²) in [6.45, 7) is 0. The molecule has 50 heavy (non-hydrogen) atoms. The molecule has 0 amide bonds. The molecule has 4 aromatic carbocycles. The molecule has 0 fully saturated rings. The van der Waals surface area contributed by atoms with Crippen LogP contribution < -0.4 is 21.3 Å². The van der Waals surface area contributed by atoms with Crippen LogP contribution in [-0.4, -0.2) is 62.1 Å². The van der Waals surface area contributed by atoms with E-state index in [1.54, 1.807) is 0 Å². The minimum atomic E-state index is -4.87. The van der Waals surface area contributed by atoms with Crippen LogP contribution in [0, 0.1) is 0 Å². The Morgan fingerprint density at radius 1 is 0.460 bits per heavy atom. The molecule has 8 N–H and O–H groups in total. The van der Waals surface area contributed by atoms with E-state index in [-0.39, 0.29) is 44.1 Å². The minimum Gasteiger partial charge on any atom is -0.332 e. The highest BCUT2D eigenvalue weighted by atomic mass is 32.2. The van der Waals surface area contributed by atoms with Gasteiger partial charge in [0.05, 0.1) is 9.79 Å². The zero-order valence-electron chi connectivity index (χ0n) is 24.7. The summed E-state index contributed by atoms with van der Waals surface area (Å²) in [4.78, 5) is -2.03. The molecule has 0 heterocycles. The number of rotatable bonds is 10. The average molecular weight is 801 g/mol. The van der Waals surface area contributed by atoms with Gasteiger partial charge in [-0.2, -0.15) is 33.7 Å². The predicted octanol–water partition coefficient (Wildman–Crippen LogP) is 4.46. The van der Waals surface area contributed by atoms with Gasteiger partial charge in [-0.3, -0.25) is 18.2 Å². The second kappa shape index (κ2) is 14.9. The zero-order chi connectivity index (χ0) is 37.1. The van der Waals surface area contributed by atoms with Gasteiger partial charge in [0.25, 0.3) is 40.5 Å². The second-order valence-electron chi connectivity index (χ2n) is 9.95. The molecule has 0 atom stereocenters. The van der Waals surface area contributed by atoms with Gasteiger partial charge in [-0.25, -0.2) is 0 Å². The lowest BCUT2D eigenvalue weighted by atomic mass is 10.1. The normalized spacial score (nSPS) is 12.3. The maximum Gasteiger partial charge on any atom is 0.295 e. The van der Waals surface area contributed by atoms with Gasteiger partial charge >= 0.3 is 0 Å². The van der Waals surface area contributed by atoms with E-state index >= 15 is 0 Å². The van der Waals surface area contributed by atoms with Gasteiger partial charge in [0.2, 0.25) is 0 Å². The lowest BCUT2D eigenvalue weighted by Gasteiger charge is -2.13. The lowest BCUT2D eigenvalue weighted by Crippen LogP contribution is -2.19. The number of benzene rings is 4. The highest BCUT2D eigenvalue weighted by Gasteiger charge is 2.19. The number of hydrogen-bond donors (Lipinski definition) is 8. The maximum absolute atomic E-state index is 12.3. The lowest BCUT2D eigenvalue weighted by molar-refractivity contribution is 0.480. The predicted molar refractivity (Wildman–Crippen MR) is 194 cm³/mol. The Morgan fingerprint density at radius 3 is 1.08 bits per heavy atom. The molecule has 0 bridgehead atoms. The molecule has 0 unspecified atom stereocenters. The fourth-order valence-electron chi connectivity index (χ4n) is 4.18. The van der Waals surface area contributed by atoms with Gasteiger partial charge in [-0.15, -0.1) is 0 Å². The number of thiocarbonyl (C=S) groups is 2. The highest BCUT2D eigenvalue weighted by Crippen LogP contribution is 2.27. The van der Waals surface area contributed by atoms with Crippen LogP contribution >= 0.6 is 24.4 Å². The largest absolute Gasteiger partial charge is 0.332 e. The summed E-state index contributed by atoms with van der Waals surface area (Å²) in [5.74, 6) is 0. The molecular formula is C28H24N4O12S6. The van der Waals surface area contributed by atoms with Crippen molar-refractivity contribution in [2.45, 2.75) is 19.6 Å². The van der Waals surface area contributed by atoms with E-state index in [1.165, 1.54) is 48.5 Å². The summed E-state index contributed by atoms with van der Waals surface area (Å²) >= 11 is 10.4. The first kappa shape index (κ1) is 38.4. The standard InChI is InChI=1S/C28H24N4O12S6/c33-47(34,35)23-5-1-3-19(13-23)29-27(45)31-21-11-9-17(25(15-21)49(39,40)41)7-8-18-10-12-22(16-26(18)50(42,43)44)32-28(46)30-20-4-2-6-24(14-20)48(36,37)38/h1-16H,(H2,29,31,45)(H2,30,32,46)(H,33,34,35)(H,36,37,38)(H,39,40,41)(H,42,43,44). The molecule has 0 aliphatic carbocycles. The van der Waals surface area contributed by atoms with Crippen LogP contribution in [0.3, 0.4) is 0 Å². The Morgan fingerprint density at radius 2 is 0.780 bits per heavy atom. The van der Waals surface area contributed by atoms with Crippen molar-refractivity contribution in [2.75, 3.05) is 21.3 Å². The van der Waals surface area contributed by atoms with E-state index in [0.29, 0.717) is 0 Å². The monoisotopic (exact) mass is 800 g/mol.